The molecule has 16 heavy (non-hydrogen) atoms. The molecule has 1 aromatic carbocycles. The summed E-state index contributed by atoms with van der Waals surface area (Å²) in [5, 5.41) is 8.39. The number of hydrogen-bond donors (Lipinski definition) is 1. The third-order valence-corrected chi connectivity index (χ3v) is 1.93. The second-order valence-corrected chi connectivity index (χ2v) is 3.15. The molecule has 0 atom stereocenters. The number of hydrogen-bond acceptors (Lipinski definition) is 2. The van der Waals surface area contributed by atoms with Gasteiger partial charge in [-0.25, -0.2) is 4.79 Å². The van der Waals surface area contributed by atoms with E-state index >= 15 is 0 Å². The Kier molecular flexibility index (Phi) is 4.86. The zero-order valence-corrected chi connectivity index (χ0v) is 8.93. The molecule has 1 N–H and O–H groups in total. The first-order valence-electron chi connectivity index (χ1n) is 4.95. The van der Waals surface area contributed by atoms with Crippen LogP contribution in [0.25, 0.3) is 0 Å². The van der Waals surface area contributed by atoms with E-state index in [1.165, 1.54) is 6.08 Å². The predicted molar refractivity (Wildman–Crippen MR) is 62.6 cm³/mol. The predicted octanol–water partition coefficient (Wildman–Crippen LogP) is 2.43. The molecule has 0 saturated heterocycles. The molecule has 84 valence electrons. The van der Waals surface area contributed by atoms with Gasteiger partial charge in [0.05, 0.1) is 0 Å². The van der Waals surface area contributed by atoms with E-state index in [1.54, 1.807) is 6.08 Å². The number of allylic oxidation sites excluding steroid dienone is 1. The summed E-state index contributed by atoms with van der Waals surface area (Å²) >= 11 is 0. The van der Waals surface area contributed by atoms with Crippen LogP contribution in [0.4, 0.5) is 0 Å². The van der Waals surface area contributed by atoms with E-state index in [4.69, 9.17) is 9.84 Å². The van der Waals surface area contributed by atoms with Gasteiger partial charge in [0, 0.05) is 6.08 Å². The normalized spacial score (nSPS) is 10.2. The molecule has 0 heterocycles. The standard InChI is InChI=1S/C13H14O3/c1-2-6-11-7-3-4-8-12(11)16-10-5-9-13(14)15/h2-5,7-9H,1,6,10H2,(H,14,15)/b9-5+. The average Bonchev–Trinajstić information content (AvgIpc) is 2.26. The monoisotopic (exact) mass is 218 g/mol. The lowest BCUT2D eigenvalue weighted by molar-refractivity contribution is -0.131. The number of aliphatic carboxylic acids is 1. The van der Waals surface area contributed by atoms with Crippen molar-refractivity contribution in [2.75, 3.05) is 6.61 Å². The highest BCUT2D eigenvalue weighted by Gasteiger charge is 1.99. The van der Waals surface area contributed by atoms with Gasteiger partial charge in [-0.3, -0.25) is 0 Å². The molecule has 0 fully saturated rings. The highest BCUT2D eigenvalue weighted by molar-refractivity contribution is 5.79. The Morgan fingerprint density at radius 3 is 2.88 bits per heavy atom. The van der Waals surface area contributed by atoms with Crippen LogP contribution in [-0.4, -0.2) is 17.7 Å². The molecule has 3 heteroatoms. The molecule has 0 saturated carbocycles. The van der Waals surface area contributed by atoms with Crippen molar-refractivity contribution in [3.8, 4) is 5.75 Å². The van der Waals surface area contributed by atoms with Gasteiger partial charge in [-0.05, 0) is 24.1 Å². The Hall–Kier alpha value is -2.03. The Bertz CT molecular complexity index is 394. The molecule has 0 spiro atoms. The van der Waals surface area contributed by atoms with Crippen molar-refractivity contribution in [1.29, 1.82) is 0 Å². The van der Waals surface area contributed by atoms with Crippen LogP contribution in [0.2, 0.25) is 0 Å². The van der Waals surface area contributed by atoms with Crippen molar-refractivity contribution < 1.29 is 14.6 Å². The Morgan fingerprint density at radius 1 is 1.44 bits per heavy atom. The molecule has 0 bridgehead atoms. The van der Waals surface area contributed by atoms with Crippen LogP contribution < -0.4 is 4.74 Å². The lowest BCUT2D eigenvalue weighted by Gasteiger charge is -2.07. The van der Waals surface area contributed by atoms with E-state index in [-0.39, 0.29) is 6.61 Å². The first-order valence-corrected chi connectivity index (χ1v) is 4.95. The molecular weight excluding hydrogens is 204 g/mol. The van der Waals surface area contributed by atoms with Crippen LogP contribution in [0, 0.1) is 0 Å². The molecular formula is C13H14O3. The van der Waals surface area contributed by atoms with E-state index in [2.05, 4.69) is 6.58 Å². The third kappa shape index (κ3) is 4.00. The first kappa shape index (κ1) is 12.0. The summed E-state index contributed by atoms with van der Waals surface area (Å²) in [5.74, 6) is -0.208. The van der Waals surface area contributed by atoms with E-state index in [9.17, 15) is 4.79 Å². The molecule has 3 nitrogen and oxygen atoms in total. The van der Waals surface area contributed by atoms with Gasteiger partial charge in [0.1, 0.15) is 12.4 Å². The summed E-state index contributed by atoms with van der Waals surface area (Å²) in [4.78, 5) is 10.2. The quantitative estimate of drug-likeness (QED) is 0.589. The van der Waals surface area contributed by atoms with Crippen molar-refractivity contribution >= 4 is 5.97 Å². The van der Waals surface area contributed by atoms with Gasteiger partial charge in [-0.1, -0.05) is 24.3 Å². The molecule has 1 aromatic rings. The lowest BCUT2D eigenvalue weighted by Crippen LogP contribution is -1.98. The molecule has 0 aliphatic rings. The number of carboxylic acid groups (broad SMARTS) is 1. The lowest BCUT2D eigenvalue weighted by atomic mass is 10.1. The molecule has 0 aromatic heterocycles. The first-order chi connectivity index (χ1) is 7.74. The van der Waals surface area contributed by atoms with E-state index in [0.717, 1.165) is 23.8 Å². The van der Waals surface area contributed by atoms with Crippen molar-refractivity contribution in [1.82, 2.24) is 0 Å². The molecule has 0 aliphatic heterocycles. The number of para-hydroxylation sites is 1. The van der Waals surface area contributed by atoms with Gasteiger partial charge in [-0.15, -0.1) is 6.58 Å². The van der Waals surface area contributed by atoms with Crippen LogP contribution in [0.1, 0.15) is 5.56 Å². The van der Waals surface area contributed by atoms with E-state index in [0.29, 0.717) is 0 Å². The maximum atomic E-state index is 10.2. The summed E-state index contributed by atoms with van der Waals surface area (Å²) in [6.07, 6.45) is 5.07. The fourth-order valence-corrected chi connectivity index (χ4v) is 1.26. The molecule has 0 unspecified atom stereocenters. The second-order valence-electron chi connectivity index (χ2n) is 3.15. The third-order valence-electron chi connectivity index (χ3n) is 1.93. The summed E-state index contributed by atoms with van der Waals surface area (Å²) in [7, 11) is 0. The van der Waals surface area contributed by atoms with Crippen molar-refractivity contribution in [3.63, 3.8) is 0 Å². The van der Waals surface area contributed by atoms with Gasteiger partial charge >= 0.3 is 5.97 Å². The summed E-state index contributed by atoms with van der Waals surface area (Å²) in [6.45, 7) is 3.92. The maximum absolute atomic E-state index is 10.2. The largest absolute Gasteiger partial charge is 0.489 e. The zero-order chi connectivity index (χ0) is 11.8. The van der Waals surface area contributed by atoms with Crippen LogP contribution in [0.3, 0.4) is 0 Å². The van der Waals surface area contributed by atoms with Gasteiger partial charge in [-0.2, -0.15) is 0 Å². The van der Waals surface area contributed by atoms with Crippen LogP contribution >= 0.6 is 0 Å². The molecule has 0 amide bonds. The number of carbonyl (C=O) groups is 1. The van der Waals surface area contributed by atoms with Gasteiger partial charge in [0.2, 0.25) is 0 Å². The van der Waals surface area contributed by atoms with Gasteiger partial charge < -0.3 is 9.84 Å². The van der Waals surface area contributed by atoms with E-state index in [1.807, 2.05) is 24.3 Å². The smallest absolute Gasteiger partial charge is 0.328 e. The summed E-state index contributed by atoms with van der Waals surface area (Å²) in [6, 6.07) is 7.62. The van der Waals surface area contributed by atoms with Crippen LogP contribution in [-0.2, 0) is 11.2 Å². The summed E-state index contributed by atoms with van der Waals surface area (Å²) in [5.41, 5.74) is 1.04. The average molecular weight is 218 g/mol. The number of rotatable bonds is 6. The highest BCUT2D eigenvalue weighted by Crippen LogP contribution is 2.18. The summed E-state index contributed by atoms with van der Waals surface area (Å²) < 4.78 is 5.44. The van der Waals surface area contributed by atoms with E-state index < -0.39 is 5.97 Å². The SMILES string of the molecule is C=CCc1ccccc1OC/C=C/C(=O)O. The zero-order valence-electron chi connectivity index (χ0n) is 8.93. The Balaban J connectivity index is 2.58. The molecule has 0 radical (unpaired) electrons. The van der Waals surface area contributed by atoms with Gasteiger partial charge in [0.15, 0.2) is 0 Å². The fraction of sp³-hybridized carbons (Fsp3) is 0.154. The fourth-order valence-electron chi connectivity index (χ4n) is 1.26. The number of benzene rings is 1. The Morgan fingerprint density at radius 2 is 2.19 bits per heavy atom. The number of ether oxygens (including phenoxy) is 1. The van der Waals surface area contributed by atoms with Crippen LogP contribution in [0.5, 0.6) is 5.75 Å². The van der Waals surface area contributed by atoms with Gasteiger partial charge in [0.25, 0.3) is 0 Å². The van der Waals surface area contributed by atoms with Crippen molar-refractivity contribution in [3.05, 3.63) is 54.6 Å². The van der Waals surface area contributed by atoms with Crippen LogP contribution in [0.15, 0.2) is 49.1 Å². The minimum atomic E-state index is -0.969. The maximum Gasteiger partial charge on any atom is 0.328 e. The van der Waals surface area contributed by atoms with Crippen molar-refractivity contribution in [2.24, 2.45) is 0 Å². The number of carboxylic acids is 1. The molecule has 1 rings (SSSR count). The van der Waals surface area contributed by atoms with Crippen molar-refractivity contribution in [2.45, 2.75) is 6.42 Å². The molecule has 0 aliphatic carbocycles. The topological polar surface area (TPSA) is 46.5 Å². The minimum absolute atomic E-state index is 0.250. The second kappa shape index (κ2) is 6.45. The highest BCUT2D eigenvalue weighted by atomic mass is 16.5. The minimum Gasteiger partial charge on any atom is -0.489 e. The Labute approximate surface area is 94.7 Å².